The summed E-state index contributed by atoms with van der Waals surface area (Å²) < 4.78 is 5.52. The van der Waals surface area contributed by atoms with Crippen LogP contribution in [0.25, 0.3) is 0 Å². The van der Waals surface area contributed by atoms with Crippen LogP contribution in [0.1, 0.15) is 34.1 Å². The van der Waals surface area contributed by atoms with E-state index in [1.165, 1.54) is 0 Å². The van der Waals surface area contributed by atoms with Crippen LogP contribution in [0.4, 0.5) is 0 Å². The fraction of sp³-hybridized carbons (Fsp3) is 0.308. The number of para-hydroxylation sites is 1. The van der Waals surface area contributed by atoms with Gasteiger partial charge in [0.25, 0.3) is 11.8 Å². The molecule has 0 bridgehead atoms. The molecular weight excluding hydrogens is 450 g/mol. The molecule has 2 aromatic carbocycles. The lowest BCUT2D eigenvalue weighted by molar-refractivity contribution is -0.146. The number of carbonyl (C=O) groups excluding carboxylic acids is 4. The van der Waals surface area contributed by atoms with E-state index in [4.69, 9.17) is 9.84 Å². The van der Waals surface area contributed by atoms with Crippen molar-refractivity contribution in [1.29, 1.82) is 0 Å². The number of likely N-dealkylation sites (tertiary alicyclic amines) is 1. The number of phenols is 1. The molecule has 2 aliphatic rings. The normalized spacial score (nSPS) is 16.1. The summed E-state index contributed by atoms with van der Waals surface area (Å²) in [4.78, 5) is 47.6. The van der Waals surface area contributed by atoms with Crippen molar-refractivity contribution < 1.29 is 29.0 Å². The number of benzene rings is 2. The molecule has 0 aliphatic carbocycles. The number of nitrogens with zero attached hydrogens (tertiary/aromatic N) is 2. The monoisotopic (exact) mass is 483 g/mol. The summed E-state index contributed by atoms with van der Waals surface area (Å²) >= 11 is 0. The molecule has 0 radical (unpaired) electrons. The van der Waals surface area contributed by atoms with Crippen molar-refractivity contribution in [2.45, 2.75) is 40.2 Å². The number of hydrogen-bond acceptors (Lipinski definition) is 7. The Balaban J connectivity index is 0.000000311. The molecule has 1 unspecified atom stereocenters. The highest BCUT2D eigenvalue weighted by molar-refractivity contribution is 6.13. The van der Waals surface area contributed by atoms with Gasteiger partial charge < -0.3 is 15.2 Å². The number of nitrogens with one attached hydrogen (secondary N) is 1. The number of carbonyl (C=O) groups is 4. The van der Waals surface area contributed by atoms with E-state index in [0.717, 1.165) is 27.7 Å². The number of likely N-dealkylation sites (N-methyl/N-ethyl adjacent to an activating group) is 1. The number of amides is 4. The number of hydrogen-bond donors (Lipinski definition) is 2. The average molecular weight is 484 g/mol. The van der Waals surface area contributed by atoms with Crippen molar-refractivity contribution in [2.75, 3.05) is 13.7 Å². The highest BCUT2D eigenvalue weighted by Gasteiger charge is 2.40. The van der Waals surface area contributed by atoms with Crippen molar-refractivity contribution in [2.24, 2.45) is 0 Å². The first-order valence-corrected chi connectivity index (χ1v) is 11.5. The van der Waals surface area contributed by atoms with Gasteiger partial charge in [0.2, 0.25) is 11.8 Å². The maximum Gasteiger partial charge on any atom is 0.255 e. The first kappa shape index (κ1) is 29.1. The number of aromatic hydroxyl groups is 1. The zero-order valence-electron chi connectivity index (χ0n) is 20.7. The Morgan fingerprint density at radius 2 is 1.34 bits per heavy atom. The molecule has 9 nitrogen and oxygen atoms in total. The van der Waals surface area contributed by atoms with Crippen molar-refractivity contribution in [3.63, 3.8) is 0 Å². The zero-order chi connectivity index (χ0) is 26.4. The van der Waals surface area contributed by atoms with Gasteiger partial charge in [-0.2, -0.15) is 0 Å². The molecule has 1 fully saturated rings. The first-order chi connectivity index (χ1) is 16.9. The van der Waals surface area contributed by atoms with E-state index in [0.29, 0.717) is 5.75 Å². The van der Waals surface area contributed by atoms with E-state index in [1.54, 1.807) is 31.3 Å². The van der Waals surface area contributed by atoms with Crippen LogP contribution in [0.5, 0.6) is 17.2 Å². The highest BCUT2D eigenvalue weighted by atomic mass is 16.5. The van der Waals surface area contributed by atoms with Crippen molar-refractivity contribution in [3.05, 3.63) is 66.7 Å². The second-order valence-corrected chi connectivity index (χ2v) is 6.69. The smallest absolute Gasteiger partial charge is 0.255 e. The largest absolute Gasteiger partial charge is 0.508 e. The van der Waals surface area contributed by atoms with Crippen molar-refractivity contribution >= 4 is 23.6 Å². The Morgan fingerprint density at radius 1 is 0.829 bits per heavy atom. The van der Waals surface area contributed by atoms with Gasteiger partial charge in [0.1, 0.15) is 23.9 Å². The quantitative estimate of drug-likeness (QED) is 0.626. The van der Waals surface area contributed by atoms with Crippen LogP contribution in [0.15, 0.2) is 66.7 Å². The van der Waals surface area contributed by atoms with Crippen LogP contribution >= 0.6 is 0 Å². The van der Waals surface area contributed by atoms with Gasteiger partial charge >= 0.3 is 0 Å². The lowest BCUT2D eigenvalue weighted by atomic mass is 10.2. The minimum absolute atomic E-state index is 0.0545. The summed E-state index contributed by atoms with van der Waals surface area (Å²) in [5.41, 5.74) is 0. The summed E-state index contributed by atoms with van der Waals surface area (Å²) in [5, 5.41) is 11.8. The Kier molecular flexibility index (Phi) is 12.5. The van der Waals surface area contributed by atoms with E-state index < -0.39 is 23.8 Å². The van der Waals surface area contributed by atoms with Crippen LogP contribution in [0, 0.1) is 0 Å². The van der Waals surface area contributed by atoms with Gasteiger partial charge in [-0.25, -0.2) is 0 Å². The summed E-state index contributed by atoms with van der Waals surface area (Å²) in [5.74, 6) is -0.0727. The third-order valence-corrected chi connectivity index (χ3v) is 4.59. The predicted octanol–water partition coefficient (Wildman–Crippen LogP) is 3.45. The molecule has 0 spiro atoms. The Morgan fingerprint density at radius 3 is 1.83 bits per heavy atom. The van der Waals surface area contributed by atoms with E-state index in [2.05, 4.69) is 5.32 Å². The number of imide groups is 2. The molecule has 188 valence electrons. The second-order valence-electron chi connectivity index (χ2n) is 6.69. The molecule has 2 aliphatic heterocycles. The summed E-state index contributed by atoms with van der Waals surface area (Å²) in [7, 11) is 1.58. The SMILES string of the molecule is CC.CC.CNC1CC(=O)N(CN2C(=O)C=CC2=O)C1=O.Oc1ccc(Oc2ccccc2)cc1. The maximum atomic E-state index is 11.7. The minimum Gasteiger partial charge on any atom is -0.508 e. The number of rotatable bonds is 5. The van der Waals surface area contributed by atoms with Crippen LogP contribution in [0.3, 0.4) is 0 Å². The van der Waals surface area contributed by atoms with E-state index in [1.807, 2.05) is 58.0 Å². The third-order valence-electron chi connectivity index (χ3n) is 4.59. The Hall–Kier alpha value is -3.98. The van der Waals surface area contributed by atoms with Gasteiger partial charge in [0.15, 0.2) is 0 Å². The second kappa shape index (κ2) is 15.0. The molecule has 1 saturated heterocycles. The topological polar surface area (TPSA) is 116 Å². The van der Waals surface area contributed by atoms with Gasteiger partial charge in [-0.3, -0.25) is 29.0 Å². The molecule has 1 atom stereocenters. The standard InChI is InChI=1S/C12H10O2.C10H11N3O4.2C2H6/c13-10-6-8-12(9-7-10)14-11-4-2-1-3-5-11;1-11-6-4-9(16)13(10(6)17)5-12-7(14)2-3-8(12)15;2*1-2/h1-9,13H;2-3,6,11H,4-5H2,1H3;2*1-2H3. The summed E-state index contributed by atoms with van der Waals surface area (Å²) in [6, 6.07) is 15.6. The summed E-state index contributed by atoms with van der Waals surface area (Å²) in [6.45, 7) is 7.69. The van der Waals surface area contributed by atoms with Crippen LogP contribution in [-0.4, -0.2) is 58.3 Å². The molecular formula is C26H33N3O6. The van der Waals surface area contributed by atoms with Gasteiger partial charge in [0, 0.05) is 12.2 Å². The fourth-order valence-corrected chi connectivity index (χ4v) is 2.91. The molecule has 2 N–H and O–H groups in total. The minimum atomic E-state index is -0.566. The first-order valence-electron chi connectivity index (χ1n) is 11.5. The van der Waals surface area contributed by atoms with Crippen LogP contribution in [-0.2, 0) is 19.2 Å². The lowest BCUT2D eigenvalue weighted by Gasteiger charge is -2.21. The third kappa shape index (κ3) is 8.38. The van der Waals surface area contributed by atoms with Crippen LogP contribution in [0.2, 0.25) is 0 Å². The van der Waals surface area contributed by atoms with Crippen molar-refractivity contribution in [1.82, 2.24) is 15.1 Å². The van der Waals surface area contributed by atoms with E-state index >= 15 is 0 Å². The number of phenolic OH excluding ortho intramolecular Hbond substituents is 1. The Bertz CT molecular complexity index is 988. The van der Waals surface area contributed by atoms with Gasteiger partial charge in [0.05, 0.1) is 12.5 Å². The van der Waals surface area contributed by atoms with E-state index in [9.17, 15) is 19.2 Å². The molecule has 4 amide bonds. The van der Waals surface area contributed by atoms with Gasteiger partial charge in [-0.05, 0) is 43.4 Å². The zero-order valence-corrected chi connectivity index (χ0v) is 20.7. The highest BCUT2D eigenvalue weighted by Crippen LogP contribution is 2.22. The van der Waals surface area contributed by atoms with E-state index in [-0.39, 0.29) is 24.7 Å². The number of ether oxygens (including phenoxy) is 1. The van der Waals surface area contributed by atoms with Gasteiger partial charge in [-0.15, -0.1) is 0 Å². The molecule has 0 aromatic heterocycles. The molecule has 2 heterocycles. The molecule has 4 rings (SSSR count). The maximum absolute atomic E-state index is 11.7. The lowest BCUT2D eigenvalue weighted by Crippen LogP contribution is -2.45. The van der Waals surface area contributed by atoms with Crippen LogP contribution < -0.4 is 10.1 Å². The fourth-order valence-electron chi connectivity index (χ4n) is 2.91. The molecule has 0 saturated carbocycles. The average Bonchev–Trinajstić information content (AvgIpc) is 3.36. The summed E-state index contributed by atoms with van der Waals surface area (Å²) in [6.07, 6.45) is 2.28. The molecule has 9 heteroatoms. The van der Waals surface area contributed by atoms with Crippen molar-refractivity contribution in [3.8, 4) is 17.2 Å². The van der Waals surface area contributed by atoms with Gasteiger partial charge in [-0.1, -0.05) is 45.9 Å². The Labute approximate surface area is 206 Å². The molecule has 35 heavy (non-hydrogen) atoms. The predicted molar refractivity (Wildman–Crippen MR) is 132 cm³/mol. The molecule has 2 aromatic rings.